The Hall–Kier alpha value is -2.20. The van der Waals surface area contributed by atoms with Gasteiger partial charge in [0.1, 0.15) is 10.8 Å². The van der Waals surface area contributed by atoms with Gasteiger partial charge in [-0.25, -0.2) is 9.37 Å². The van der Waals surface area contributed by atoms with Crippen LogP contribution in [-0.4, -0.2) is 4.98 Å². The molecule has 0 aliphatic rings. The predicted octanol–water partition coefficient (Wildman–Crippen LogP) is 4.43. The van der Waals surface area contributed by atoms with Crippen molar-refractivity contribution in [3.63, 3.8) is 0 Å². The monoisotopic (exact) mass is 298 g/mol. The number of rotatable bonds is 3. The lowest BCUT2D eigenvalue weighted by molar-refractivity contribution is 0.614. The third-order valence-electron chi connectivity index (χ3n) is 3.36. The van der Waals surface area contributed by atoms with E-state index in [1.54, 1.807) is 17.4 Å². The van der Waals surface area contributed by atoms with E-state index in [2.05, 4.69) is 4.98 Å². The van der Waals surface area contributed by atoms with Crippen molar-refractivity contribution < 1.29 is 4.39 Å². The van der Waals surface area contributed by atoms with E-state index in [1.165, 1.54) is 6.07 Å². The van der Waals surface area contributed by atoms with Crippen molar-refractivity contribution in [2.75, 3.05) is 5.73 Å². The summed E-state index contributed by atoms with van der Waals surface area (Å²) in [6.07, 6.45) is 0.575. The lowest BCUT2D eigenvalue weighted by Crippen LogP contribution is -1.91. The summed E-state index contributed by atoms with van der Waals surface area (Å²) in [7, 11) is 0. The number of hydrogen-bond acceptors (Lipinski definition) is 3. The zero-order chi connectivity index (χ0) is 14.8. The van der Waals surface area contributed by atoms with Crippen LogP contribution in [-0.2, 0) is 6.42 Å². The summed E-state index contributed by atoms with van der Waals surface area (Å²) in [5, 5.41) is 0.943. The third-order valence-corrected chi connectivity index (χ3v) is 4.57. The van der Waals surface area contributed by atoms with E-state index >= 15 is 0 Å². The van der Waals surface area contributed by atoms with Gasteiger partial charge in [-0.2, -0.15) is 0 Å². The third kappa shape index (κ3) is 2.95. The molecule has 2 nitrogen and oxygen atoms in total. The van der Waals surface area contributed by atoms with Crippen molar-refractivity contribution in [2.24, 2.45) is 0 Å². The van der Waals surface area contributed by atoms with Crippen LogP contribution in [0.3, 0.4) is 0 Å². The quantitative estimate of drug-likeness (QED) is 0.726. The normalized spacial score (nSPS) is 10.8. The summed E-state index contributed by atoms with van der Waals surface area (Å²) in [5.41, 5.74) is 9.13. The number of nitrogens with zero attached hydrogens (tertiary/aromatic N) is 1. The molecule has 3 aromatic rings. The molecule has 0 aliphatic heterocycles. The highest BCUT2D eigenvalue weighted by Gasteiger charge is 2.11. The van der Waals surface area contributed by atoms with Crippen molar-refractivity contribution in [3.8, 4) is 10.6 Å². The molecule has 0 aliphatic carbocycles. The first-order valence-electron chi connectivity index (χ1n) is 6.69. The number of anilines is 1. The van der Waals surface area contributed by atoms with Crippen LogP contribution in [0.15, 0.2) is 48.5 Å². The van der Waals surface area contributed by atoms with Gasteiger partial charge in [-0.05, 0) is 42.8 Å². The largest absolute Gasteiger partial charge is 0.399 e. The second-order valence-electron chi connectivity index (χ2n) is 4.92. The first-order chi connectivity index (χ1) is 10.1. The van der Waals surface area contributed by atoms with E-state index in [0.29, 0.717) is 12.0 Å². The molecular weight excluding hydrogens is 283 g/mol. The second-order valence-corrected chi connectivity index (χ2v) is 6.00. The summed E-state index contributed by atoms with van der Waals surface area (Å²) in [6.45, 7) is 1.97. The minimum atomic E-state index is -0.167. The van der Waals surface area contributed by atoms with Crippen LogP contribution in [0.5, 0.6) is 0 Å². The molecule has 0 radical (unpaired) electrons. The Labute approximate surface area is 127 Å². The molecule has 4 heteroatoms. The van der Waals surface area contributed by atoms with Gasteiger partial charge >= 0.3 is 0 Å². The number of thiazole rings is 1. The fourth-order valence-corrected chi connectivity index (χ4v) is 3.25. The molecule has 2 N–H and O–H groups in total. The maximum Gasteiger partial charge on any atom is 0.126 e. The molecule has 0 fully saturated rings. The zero-order valence-electron chi connectivity index (χ0n) is 11.6. The number of halogens is 1. The van der Waals surface area contributed by atoms with E-state index < -0.39 is 0 Å². The average Bonchev–Trinajstić information content (AvgIpc) is 2.83. The molecule has 3 rings (SSSR count). The lowest BCUT2D eigenvalue weighted by Gasteiger charge is -2.01. The molecule has 106 valence electrons. The highest BCUT2D eigenvalue weighted by Crippen LogP contribution is 2.30. The number of nitrogens with two attached hydrogens (primary N) is 1. The van der Waals surface area contributed by atoms with Crippen LogP contribution in [0, 0.1) is 12.7 Å². The topological polar surface area (TPSA) is 38.9 Å². The molecule has 0 saturated heterocycles. The van der Waals surface area contributed by atoms with Crippen molar-refractivity contribution >= 4 is 17.0 Å². The molecule has 1 heterocycles. The van der Waals surface area contributed by atoms with Gasteiger partial charge in [0.25, 0.3) is 0 Å². The van der Waals surface area contributed by atoms with Gasteiger partial charge in [-0.3, -0.25) is 0 Å². The fraction of sp³-hybridized carbons (Fsp3) is 0.118. The SMILES string of the molecule is Cc1nc(-c2ccc(N)cc2)sc1Cc1ccccc1F. The van der Waals surface area contributed by atoms with Crippen molar-refractivity contribution in [1.29, 1.82) is 0 Å². The Balaban J connectivity index is 1.91. The Bertz CT molecular complexity index is 763. The van der Waals surface area contributed by atoms with E-state index in [9.17, 15) is 4.39 Å². The Morgan fingerprint density at radius 2 is 1.81 bits per heavy atom. The van der Waals surface area contributed by atoms with E-state index in [-0.39, 0.29) is 5.82 Å². The number of nitrogen functional groups attached to an aromatic ring is 1. The standard InChI is InChI=1S/C17H15FN2S/c1-11-16(10-13-4-2-3-5-15(13)18)21-17(20-11)12-6-8-14(19)9-7-12/h2-9H,10,19H2,1H3. The van der Waals surface area contributed by atoms with Crippen molar-refractivity contribution in [1.82, 2.24) is 4.98 Å². The van der Waals surface area contributed by atoms with E-state index in [0.717, 1.165) is 26.8 Å². The lowest BCUT2D eigenvalue weighted by atomic mass is 10.1. The smallest absolute Gasteiger partial charge is 0.126 e. The van der Waals surface area contributed by atoms with E-state index in [1.807, 2.05) is 43.3 Å². The Morgan fingerprint density at radius 3 is 2.52 bits per heavy atom. The van der Waals surface area contributed by atoms with Gasteiger partial charge in [-0.1, -0.05) is 18.2 Å². The van der Waals surface area contributed by atoms with Crippen molar-refractivity contribution in [3.05, 3.63) is 70.5 Å². The molecule has 0 saturated carbocycles. The van der Waals surface area contributed by atoms with Gasteiger partial charge in [0.15, 0.2) is 0 Å². The first-order valence-corrected chi connectivity index (χ1v) is 7.51. The number of benzene rings is 2. The van der Waals surface area contributed by atoms with Crippen LogP contribution in [0.25, 0.3) is 10.6 Å². The number of hydrogen-bond donors (Lipinski definition) is 1. The summed E-state index contributed by atoms with van der Waals surface area (Å²) < 4.78 is 13.8. The summed E-state index contributed by atoms with van der Waals surface area (Å²) >= 11 is 1.60. The van der Waals surface area contributed by atoms with Crippen LogP contribution in [0.2, 0.25) is 0 Å². The maximum absolute atomic E-state index is 13.8. The molecule has 21 heavy (non-hydrogen) atoms. The molecule has 1 aromatic heterocycles. The highest BCUT2D eigenvalue weighted by molar-refractivity contribution is 7.15. The molecule has 0 bridgehead atoms. The maximum atomic E-state index is 13.8. The second kappa shape index (κ2) is 5.66. The minimum Gasteiger partial charge on any atom is -0.399 e. The molecule has 0 unspecified atom stereocenters. The molecule has 0 spiro atoms. The number of aryl methyl sites for hydroxylation is 1. The molecule has 0 atom stereocenters. The summed E-state index contributed by atoms with van der Waals surface area (Å²) in [4.78, 5) is 5.68. The Morgan fingerprint density at radius 1 is 1.10 bits per heavy atom. The summed E-state index contributed by atoms with van der Waals surface area (Å²) in [6, 6.07) is 14.5. The van der Waals surface area contributed by atoms with Gasteiger partial charge < -0.3 is 5.73 Å². The highest BCUT2D eigenvalue weighted by atomic mass is 32.1. The molecule has 2 aromatic carbocycles. The Kier molecular flexibility index (Phi) is 3.71. The van der Waals surface area contributed by atoms with Crippen LogP contribution in [0.1, 0.15) is 16.1 Å². The van der Waals surface area contributed by atoms with Gasteiger partial charge in [0, 0.05) is 22.5 Å². The summed E-state index contributed by atoms with van der Waals surface area (Å²) in [5.74, 6) is -0.167. The van der Waals surface area contributed by atoms with Gasteiger partial charge in [0.2, 0.25) is 0 Å². The van der Waals surface area contributed by atoms with Crippen molar-refractivity contribution in [2.45, 2.75) is 13.3 Å². The molecule has 0 amide bonds. The zero-order valence-corrected chi connectivity index (χ0v) is 12.5. The fourth-order valence-electron chi connectivity index (χ4n) is 2.16. The van der Waals surface area contributed by atoms with Crippen LogP contribution >= 0.6 is 11.3 Å². The number of aromatic nitrogens is 1. The van der Waals surface area contributed by atoms with Crippen LogP contribution < -0.4 is 5.73 Å². The minimum absolute atomic E-state index is 0.167. The van der Waals surface area contributed by atoms with Crippen LogP contribution in [0.4, 0.5) is 10.1 Å². The predicted molar refractivity (Wildman–Crippen MR) is 85.9 cm³/mol. The van der Waals surface area contributed by atoms with Gasteiger partial charge in [0.05, 0.1) is 5.69 Å². The first kappa shape index (κ1) is 13.8. The van der Waals surface area contributed by atoms with E-state index in [4.69, 9.17) is 5.73 Å². The molecular formula is C17H15FN2S. The average molecular weight is 298 g/mol. The van der Waals surface area contributed by atoms with Gasteiger partial charge in [-0.15, -0.1) is 11.3 Å².